The lowest BCUT2D eigenvalue weighted by Gasteiger charge is -2.00. The molecule has 1 aromatic heterocycles. The van der Waals surface area contributed by atoms with E-state index in [2.05, 4.69) is 15.3 Å². The predicted molar refractivity (Wildman–Crippen MR) is 43.4 cm³/mol. The predicted octanol–water partition coefficient (Wildman–Crippen LogP) is 0.681. The first-order valence-corrected chi connectivity index (χ1v) is 3.50. The Morgan fingerprint density at radius 1 is 1.58 bits per heavy atom. The van der Waals surface area contributed by atoms with Crippen molar-refractivity contribution >= 4 is 5.91 Å². The van der Waals surface area contributed by atoms with E-state index in [0.29, 0.717) is 5.56 Å². The van der Waals surface area contributed by atoms with Crippen molar-refractivity contribution in [3.8, 4) is 0 Å². The zero-order chi connectivity index (χ0) is 8.97. The van der Waals surface area contributed by atoms with Crippen LogP contribution >= 0.6 is 0 Å². The molecule has 1 aromatic rings. The number of amides is 1. The summed E-state index contributed by atoms with van der Waals surface area (Å²) in [5.74, 6) is -0.287. The summed E-state index contributed by atoms with van der Waals surface area (Å²) >= 11 is 0. The molecule has 12 heavy (non-hydrogen) atoms. The topological polar surface area (TPSA) is 51.2 Å². The van der Waals surface area contributed by atoms with Gasteiger partial charge >= 0.3 is 0 Å². The average Bonchev–Trinajstić information content (AvgIpc) is 2.06. The van der Waals surface area contributed by atoms with Crippen molar-refractivity contribution in [2.45, 2.75) is 6.92 Å². The first-order chi connectivity index (χ1) is 5.74. The fourth-order valence-corrected chi connectivity index (χ4v) is 0.754. The molecule has 0 unspecified atom stereocenters. The normalized spacial score (nSPS) is 9.50. The minimum Gasteiger partial charge on any atom is -0.277 e. The van der Waals surface area contributed by atoms with Gasteiger partial charge in [0.2, 0.25) is 0 Å². The molecule has 1 heterocycles. The third-order valence-electron chi connectivity index (χ3n) is 1.37. The Kier molecular flexibility index (Phi) is 2.76. The van der Waals surface area contributed by atoms with Gasteiger partial charge in [-0.25, -0.2) is 5.48 Å². The lowest BCUT2D eigenvalue weighted by Crippen LogP contribution is -2.21. The molecular weight excluding hydrogens is 156 g/mol. The Hall–Kier alpha value is -1.42. The molecule has 0 fully saturated rings. The SMILES string of the molecule is CONC(=O)c1ccc(C)nc1. The highest BCUT2D eigenvalue weighted by Gasteiger charge is 2.03. The van der Waals surface area contributed by atoms with Gasteiger partial charge in [-0.15, -0.1) is 0 Å². The second-order valence-corrected chi connectivity index (χ2v) is 2.32. The van der Waals surface area contributed by atoms with Crippen LogP contribution < -0.4 is 5.48 Å². The molecule has 1 N–H and O–H groups in total. The van der Waals surface area contributed by atoms with Crippen LogP contribution in [0.4, 0.5) is 0 Å². The summed E-state index contributed by atoms with van der Waals surface area (Å²) in [5.41, 5.74) is 3.57. The minimum atomic E-state index is -0.287. The van der Waals surface area contributed by atoms with E-state index >= 15 is 0 Å². The molecule has 0 aliphatic heterocycles. The zero-order valence-corrected chi connectivity index (χ0v) is 7.00. The van der Waals surface area contributed by atoms with Crippen molar-refractivity contribution in [1.82, 2.24) is 10.5 Å². The van der Waals surface area contributed by atoms with Gasteiger partial charge in [-0.2, -0.15) is 0 Å². The summed E-state index contributed by atoms with van der Waals surface area (Å²) in [7, 11) is 1.39. The standard InChI is InChI=1S/C8H10N2O2/c1-6-3-4-7(5-9-6)8(11)10-12-2/h3-5H,1-2H3,(H,10,11). The van der Waals surface area contributed by atoms with Crippen molar-refractivity contribution in [1.29, 1.82) is 0 Å². The number of rotatable bonds is 2. The maximum atomic E-state index is 11.1. The molecule has 0 spiro atoms. The summed E-state index contributed by atoms with van der Waals surface area (Å²) in [6.45, 7) is 1.86. The Morgan fingerprint density at radius 3 is 2.83 bits per heavy atom. The third-order valence-corrected chi connectivity index (χ3v) is 1.37. The number of nitrogens with zero attached hydrogens (tertiary/aromatic N) is 1. The van der Waals surface area contributed by atoms with E-state index in [0.717, 1.165) is 5.69 Å². The number of aryl methyl sites for hydroxylation is 1. The Bertz CT molecular complexity index is 269. The first kappa shape index (κ1) is 8.67. The summed E-state index contributed by atoms with van der Waals surface area (Å²) < 4.78 is 0. The van der Waals surface area contributed by atoms with E-state index in [-0.39, 0.29) is 5.91 Å². The number of aromatic nitrogens is 1. The molecule has 0 saturated heterocycles. The van der Waals surface area contributed by atoms with Crippen LogP contribution in [0.2, 0.25) is 0 Å². The molecule has 4 heteroatoms. The smallest absolute Gasteiger partial charge is 0.276 e. The van der Waals surface area contributed by atoms with E-state index in [4.69, 9.17) is 0 Å². The maximum Gasteiger partial charge on any atom is 0.276 e. The van der Waals surface area contributed by atoms with Crippen LogP contribution in [-0.4, -0.2) is 18.0 Å². The van der Waals surface area contributed by atoms with Gasteiger partial charge in [0.05, 0.1) is 12.7 Å². The van der Waals surface area contributed by atoms with Crippen LogP contribution in [0.15, 0.2) is 18.3 Å². The second kappa shape index (κ2) is 3.82. The highest BCUT2D eigenvalue weighted by molar-refractivity contribution is 5.93. The highest BCUT2D eigenvalue weighted by Crippen LogP contribution is 1.98. The van der Waals surface area contributed by atoms with Crippen LogP contribution in [0.5, 0.6) is 0 Å². The number of hydroxylamine groups is 1. The van der Waals surface area contributed by atoms with E-state index < -0.39 is 0 Å². The molecule has 4 nitrogen and oxygen atoms in total. The molecule has 1 rings (SSSR count). The Morgan fingerprint density at radius 2 is 2.33 bits per heavy atom. The second-order valence-electron chi connectivity index (χ2n) is 2.32. The van der Waals surface area contributed by atoms with Gasteiger partial charge in [0.15, 0.2) is 0 Å². The summed E-state index contributed by atoms with van der Waals surface area (Å²) in [6.07, 6.45) is 1.50. The minimum absolute atomic E-state index is 0.287. The largest absolute Gasteiger partial charge is 0.277 e. The molecule has 0 aliphatic rings. The van der Waals surface area contributed by atoms with Gasteiger partial charge in [-0.1, -0.05) is 0 Å². The number of hydrogen-bond donors (Lipinski definition) is 1. The Labute approximate surface area is 70.5 Å². The number of pyridine rings is 1. The quantitative estimate of drug-likeness (QED) is 0.657. The lowest BCUT2D eigenvalue weighted by molar-refractivity contribution is 0.0537. The lowest BCUT2D eigenvalue weighted by atomic mass is 10.2. The summed E-state index contributed by atoms with van der Waals surface area (Å²) in [4.78, 5) is 19.5. The fraction of sp³-hybridized carbons (Fsp3) is 0.250. The molecule has 0 aliphatic carbocycles. The van der Waals surface area contributed by atoms with Crippen LogP contribution in [0.25, 0.3) is 0 Å². The van der Waals surface area contributed by atoms with Crippen LogP contribution in [0, 0.1) is 6.92 Å². The monoisotopic (exact) mass is 166 g/mol. The van der Waals surface area contributed by atoms with Crippen molar-refractivity contribution < 1.29 is 9.63 Å². The Balaban J connectivity index is 2.75. The highest BCUT2D eigenvalue weighted by atomic mass is 16.6. The van der Waals surface area contributed by atoms with Crippen molar-refractivity contribution in [3.63, 3.8) is 0 Å². The molecule has 64 valence electrons. The fourth-order valence-electron chi connectivity index (χ4n) is 0.754. The van der Waals surface area contributed by atoms with Crippen molar-refractivity contribution in [3.05, 3.63) is 29.6 Å². The average molecular weight is 166 g/mol. The maximum absolute atomic E-state index is 11.1. The van der Waals surface area contributed by atoms with E-state index in [9.17, 15) is 4.79 Å². The number of carbonyl (C=O) groups is 1. The van der Waals surface area contributed by atoms with Crippen molar-refractivity contribution in [2.75, 3.05) is 7.11 Å². The zero-order valence-electron chi connectivity index (χ0n) is 7.00. The van der Waals surface area contributed by atoms with Gasteiger partial charge in [0, 0.05) is 11.9 Å². The molecular formula is C8H10N2O2. The van der Waals surface area contributed by atoms with E-state index in [1.54, 1.807) is 12.1 Å². The van der Waals surface area contributed by atoms with Gasteiger partial charge in [-0.05, 0) is 19.1 Å². The first-order valence-electron chi connectivity index (χ1n) is 3.50. The molecule has 0 saturated carbocycles. The number of carbonyl (C=O) groups excluding carboxylic acids is 1. The molecule has 0 atom stereocenters. The third kappa shape index (κ3) is 2.03. The number of hydrogen-bond acceptors (Lipinski definition) is 3. The van der Waals surface area contributed by atoms with Crippen LogP contribution in [0.3, 0.4) is 0 Å². The summed E-state index contributed by atoms with van der Waals surface area (Å²) in [6, 6.07) is 3.46. The molecule has 0 bridgehead atoms. The van der Waals surface area contributed by atoms with Gasteiger partial charge in [-0.3, -0.25) is 14.6 Å². The molecule has 1 amide bonds. The van der Waals surface area contributed by atoms with Crippen LogP contribution in [0.1, 0.15) is 16.1 Å². The number of nitrogens with one attached hydrogen (secondary N) is 1. The van der Waals surface area contributed by atoms with E-state index in [1.807, 2.05) is 6.92 Å². The van der Waals surface area contributed by atoms with Gasteiger partial charge < -0.3 is 0 Å². The van der Waals surface area contributed by atoms with Gasteiger partial charge in [0.1, 0.15) is 0 Å². The van der Waals surface area contributed by atoms with Gasteiger partial charge in [0.25, 0.3) is 5.91 Å². The van der Waals surface area contributed by atoms with E-state index in [1.165, 1.54) is 13.3 Å². The molecule has 0 aromatic carbocycles. The van der Waals surface area contributed by atoms with Crippen LogP contribution in [-0.2, 0) is 4.84 Å². The summed E-state index contributed by atoms with van der Waals surface area (Å²) in [5, 5.41) is 0. The molecule has 0 radical (unpaired) electrons. The van der Waals surface area contributed by atoms with Crippen molar-refractivity contribution in [2.24, 2.45) is 0 Å².